The molecule has 16 heavy (non-hydrogen) atoms. The van der Waals surface area contributed by atoms with Crippen LogP contribution in [0.1, 0.15) is 13.8 Å². The van der Waals surface area contributed by atoms with Crippen molar-refractivity contribution in [1.29, 1.82) is 0 Å². The predicted octanol–water partition coefficient (Wildman–Crippen LogP) is 4.50. The second-order valence-corrected chi connectivity index (χ2v) is 9.02. The molecule has 0 aliphatic carbocycles. The summed E-state index contributed by atoms with van der Waals surface area (Å²) in [7, 11) is -0.462. The van der Waals surface area contributed by atoms with Gasteiger partial charge in [-0.15, -0.1) is 0 Å². The smallest absolute Gasteiger partial charge is 0.165 e. The van der Waals surface area contributed by atoms with Crippen LogP contribution < -0.4 is 4.74 Å². The second kappa shape index (κ2) is 5.32. The summed E-state index contributed by atoms with van der Waals surface area (Å²) in [5.41, 5.74) is 0. The summed E-state index contributed by atoms with van der Waals surface area (Å²) in [6.07, 6.45) is 0. The molecule has 1 aromatic rings. The van der Waals surface area contributed by atoms with E-state index < -0.39 is 8.80 Å². The van der Waals surface area contributed by atoms with Gasteiger partial charge >= 0.3 is 0 Å². The van der Waals surface area contributed by atoms with Crippen molar-refractivity contribution in [2.45, 2.75) is 32.0 Å². The summed E-state index contributed by atoms with van der Waals surface area (Å²) < 4.78 is 19.8. The van der Waals surface area contributed by atoms with E-state index in [2.05, 4.69) is 42.9 Å². The van der Waals surface area contributed by atoms with Crippen molar-refractivity contribution < 1.29 is 9.13 Å². The Balaban J connectivity index is 2.71. The van der Waals surface area contributed by atoms with Crippen molar-refractivity contribution in [1.82, 2.24) is 0 Å². The summed E-state index contributed by atoms with van der Waals surface area (Å²) in [6, 6.07) is 4.75. The molecule has 0 spiro atoms. The fourth-order valence-corrected chi connectivity index (χ4v) is 1.69. The molecule has 0 amide bonds. The molecule has 0 aliphatic heterocycles. The van der Waals surface area contributed by atoms with E-state index in [-0.39, 0.29) is 10.9 Å². The third kappa shape index (κ3) is 3.59. The maximum atomic E-state index is 13.4. The molecule has 1 aromatic carbocycles. The number of halogens is 2. The molecule has 0 heterocycles. The minimum Gasteiger partial charge on any atom is -0.490 e. The van der Waals surface area contributed by atoms with Crippen LogP contribution in [0, 0.1) is 5.82 Å². The van der Waals surface area contributed by atoms with Crippen molar-refractivity contribution in [3.63, 3.8) is 0 Å². The van der Waals surface area contributed by atoms with Gasteiger partial charge in [0.05, 0.1) is 15.4 Å². The van der Waals surface area contributed by atoms with Gasteiger partial charge in [0.2, 0.25) is 0 Å². The molecule has 1 rings (SSSR count). The van der Waals surface area contributed by atoms with Gasteiger partial charge in [-0.25, -0.2) is 4.39 Å². The van der Waals surface area contributed by atoms with E-state index in [1.807, 2.05) is 0 Å². The molecule has 0 N–H and O–H groups in total. The lowest BCUT2D eigenvalue weighted by molar-refractivity contribution is 0.264. The first-order valence-electron chi connectivity index (χ1n) is 5.21. The molecule has 1 radical (unpaired) electrons. The number of hydrogen-bond acceptors (Lipinski definition) is 1. The highest BCUT2D eigenvalue weighted by atomic mass is 79.9. The summed E-state index contributed by atoms with van der Waals surface area (Å²) >= 11 is 3.31. The van der Waals surface area contributed by atoms with Crippen LogP contribution in [0.15, 0.2) is 22.7 Å². The second-order valence-electron chi connectivity index (χ2n) is 4.75. The standard InChI is InChI=1S/C12H17BrFOSi/c1-12(2,16(3)4)8-15-11-7-9(13)5-6-10(11)14/h5-7H,8H2,1-4H3. The lowest BCUT2D eigenvalue weighted by atomic mass is 10.2. The van der Waals surface area contributed by atoms with Crippen molar-refractivity contribution in [3.05, 3.63) is 28.5 Å². The highest BCUT2D eigenvalue weighted by Crippen LogP contribution is 2.30. The van der Waals surface area contributed by atoms with E-state index >= 15 is 0 Å². The van der Waals surface area contributed by atoms with E-state index in [1.165, 1.54) is 6.07 Å². The third-order valence-electron chi connectivity index (χ3n) is 2.84. The van der Waals surface area contributed by atoms with E-state index in [0.717, 1.165) is 4.47 Å². The van der Waals surface area contributed by atoms with Crippen LogP contribution in [0.3, 0.4) is 0 Å². The number of hydrogen-bond donors (Lipinski definition) is 0. The Bertz CT molecular complexity index is 366. The largest absolute Gasteiger partial charge is 0.490 e. The lowest BCUT2D eigenvalue weighted by Gasteiger charge is -2.27. The molecule has 89 valence electrons. The zero-order valence-corrected chi connectivity index (χ0v) is 12.7. The molecule has 0 aromatic heterocycles. The van der Waals surface area contributed by atoms with Crippen LogP contribution in [0.5, 0.6) is 5.75 Å². The monoisotopic (exact) mass is 303 g/mol. The van der Waals surface area contributed by atoms with Gasteiger partial charge in [-0.3, -0.25) is 0 Å². The van der Waals surface area contributed by atoms with E-state index in [4.69, 9.17) is 4.74 Å². The average Bonchev–Trinajstić information content (AvgIpc) is 2.19. The minimum absolute atomic E-state index is 0.138. The Kier molecular flexibility index (Phi) is 4.56. The maximum Gasteiger partial charge on any atom is 0.165 e. The molecule has 0 atom stereocenters. The van der Waals surface area contributed by atoms with Crippen LogP contribution in [0.25, 0.3) is 0 Å². The van der Waals surface area contributed by atoms with E-state index in [0.29, 0.717) is 12.4 Å². The van der Waals surface area contributed by atoms with Crippen LogP contribution in [0.4, 0.5) is 4.39 Å². The van der Waals surface area contributed by atoms with Gasteiger partial charge in [0.15, 0.2) is 11.6 Å². The number of rotatable bonds is 4. The Morgan fingerprint density at radius 1 is 1.38 bits per heavy atom. The van der Waals surface area contributed by atoms with Crippen molar-refractivity contribution in [3.8, 4) is 5.75 Å². The quantitative estimate of drug-likeness (QED) is 0.744. The fourth-order valence-electron chi connectivity index (χ4n) is 0.990. The van der Waals surface area contributed by atoms with E-state index in [1.54, 1.807) is 12.1 Å². The highest BCUT2D eigenvalue weighted by molar-refractivity contribution is 9.10. The maximum absolute atomic E-state index is 13.4. The molecule has 1 nitrogen and oxygen atoms in total. The van der Waals surface area contributed by atoms with Crippen molar-refractivity contribution in [2.24, 2.45) is 0 Å². The third-order valence-corrected chi connectivity index (χ3v) is 6.18. The van der Waals surface area contributed by atoms with Crippen LogP contribution in [-0.4, -0.2) is 15.4 Å². The summed E-state index contributed by atoms with van der Waals surface area (Å²) in [5, 5.41) is 0.138. The molecule has 0 saturated carbocycles. The summed E-state index contributed by atoms with van der Waals surface area (Å²) in [6.45, 7) is 9.37. The topological polar surface area (TPSA) is 9.23 Å². The first-order chi connectivity index (χ1) is 7.33. The van der Waals surface area contributed by atoms with Crippen LogP contribution >= 0.6 is 15.9 Å². The van der Waals surface area contributed by atoms with Gasteiger partial charge in [0, 0.05) is 4.47 Å². The van der Waals surface area contributed by atoms with Gasteiger partial charge in [-0.1, -0.05) is 42.9 Å². The Morgan fingerprint density at radius 2 is 2.00 bits per heavy atom. The van der Waals surface area contributed by atoms with Gasteiger partial charge in [0.1, 0.15) is 0 Å². The molecular formula is C12H17BrFOSi. The Labute approximate surface area is 107 Å². The molecular weight excluding hydrogens is 287 g/mol. The zero-order valence-electron chi connectivity index (χ0n) is 10.1. The van der Waals surface area contributed by atoms with Crippen LogP contribution in [0.2, 0.25) is 18.1 Å². The predicted molar refractivity (Wildman–Crippen MR) is 71.1 cm³/mol. The normalized spacial score (nSPS) is 11.9. The van der Waals surface area contributed by atoms with Gasteiger partial charge in [0.25, 0.3) is 0 Å². The van der Waals surface area contributed by atoms with E-state index in [9.17, 15) is 4.39 Å². The molecule has 0 bridgehead atoms. The first-order valence-corrected chi connectivity index (χ1v) is 8.51. The molecule has 0 fully saturated rings. The molecule has 0 saturated heterocycles. The lowest BCUT2D eigenvalue weighted by Crippen LogP contribution is -2.27. The van der Waals surface area contributed by atoms with Crippen molar-refractivity contribution >= 4 is 24.7 Å². The molecule has 0 aliphatic rings. The minimum atomic E-state index is -0.462. The molecule has 4 heteroatoms. The van der Waals surface area contributed by atoms with Gasteiger partial charge in [-0.2, -0.15) is 0 Å². The summed E-state index contributed by atoms with van der Waals surface area (Å²) in [4.78, 5) is 0. The number of ether oxygens (including phenoxy) is 1. The Morgan fingerprint density at radius 3 is 2.56 bits per heavy atom. The SMILES string of the molecule is C[Si](C)C(C)(C)COc1cc(Br)ccc1F. The van der Waals surface area contributed by atoms with Gasteiger partial charge < -0.3 is 4.74 Å². The average molecular weight is 304 g/mol. The molecule has 0 unspecified atom stereocenters. The van der Waals surface area contributed by atoms with Crippen molar-refractivity contribution in [2.75, 3.05) is 6.61 Å². The highest BCUT2D eigenvalue weighted by Gasteiger charge is 2.25. The van der Waals surface area contributed by atoms with Crippen LogP contribution in [-0.2, 0) is 0 Å². The number of benzene rings is 1. The first kappa shape index (κ1) is 13.7. The zero-order chi connectivity index (χ0) is 12.3. The fraction of sp³-hybridized carbons (Fsp3) is 0.500. The summed E-state index contributed by atoms with van der Waals surface area (Å²) in [5.74, 6) is 0.0191. The Hall–Kier alpha value is -0.353. The van der Waals surface area contributed by atoms with Gasteiger partial charge in [-0.05, 0) is 23.2 Å².